The number of benzene rings is 2. The first-order valence-electron chi connectivity index (χ1n) is 7.29. The molecule has 21 heavy (non-hydrogen) atoms. The normalized spacial score (nSPS) is 16.0. The van der Waals surface area contributed by atoms with Crippen molar-refractivity contribution >= 4 is 11.0 Å². The summed E-state index contributed by atoms with van der Waals surface area (Å²) in [7, 11) is 0. The molecule has 1 unspecified atom stereocenters. The fraction of sp³-hybridized carbons (Fsp3) is 0.222. The van der Waals surface area contributed by atoms with Crippen molar-refractivity contribution in [1.82, 2.24) is 0 Å². The van der Waals surface area contributed by atoms with Gasteiger partial charge in [0.25, 0.3) is 0 Å². The van der Waals surface area contributed by atoms with Gasteiger partial charge in [-0.2, -0.15) is 0 Å². The van der Waals surface area contributed by atoms with Crippen molar-refractivity contribution in [3.8, 4) is 5.75 Å². The van der Waals surface area contributed by atoms with Gasteiger partial charge in [-0.1, -0.05) is 30.3 Å². The number of furan rings is 1. The molecule has 0 aliphatic heterocycles. The summed E-state index contributed by atoms with van der Waals surface area (Å²) in [4.78, 5) is 0. The second kappa shape index (κ2) is 4.93. The van der Waals surface area contributed by atoms with Gasteiger partial charge in [0.2, 0.25) is 0 Å². The highest BCUT2D eigenvalue weighted by atomic mass is 16.5. The van der Waals surface area contributed by atoms with Gasteiger partial charge in [-0.15, -0.1) is 0 Å². The van der Waals surface area contributed by atoms with Crippen LogP contribution in [0.1, 0.15) is 30.0 Å². The quantitative estimate of drug-likeness (QED) is 0.784. The Kier molecular flexibility index (Phi) is 2.93. The zero-order valence-electron chi connectivity index (χ0n) is 11.7. The molecular weight excluding hydrogens is 262 g/mol. The van der Waals surface area contributed by atoms with Crippen LogP contribution in [0.25, 0.3) is 11.0 Å². The Balaban J connectivity index is 1.62. The van der Waals surface area contributed by atoms with Gasteiger partial charge in [-0.3, -0.25) is 0 Å². The smallest absolute Gasteiger partial charge is 0.134 e. The van der Waals surface area contributed by atoms with Crippen LogP contribution in [0.3, 0.4) is 0 Å². The topological polar surface area (TPSA) is 48.4 Å². The van der Waals surface area contributed by atoms with E-state index in [1.807, 2.05) is 48.5 Å². The Morgan fingerprint density at radius 3 is 2.57 bits per heavy atom. The Morgan fingerprint density at radius 1 is 1.05 bits per heavy atom. The summed E-state index contributed by atoms with van der Waals surface area (Å²) in [5, 5.41) is 1.07. The van der Waals surface area contributed by atoms with Gasteiger partial charge in [0.15, 0.2) is 0 Å². The Hall–Kier alpha value is -2.26. The summed E-state index contributed by atoms with van der Waals surface area (Å²) >= 11 is 0. The lowest BCUT2D eigenvalue weighted by Gasteiger charge is -2.12. The molecule has 1 saturated carbocycles. The number of para-hydroxylation sites is 1. The first-order valence-corrected chi connectivity index (χ1v) is 7.29. The minimum absolute atomic E-state index is 0.191. The van der Waals surface area contributed by atoms with E-state index in [-0.39, 0.29) is 6.04 Å². The van der Waals surface area contributed by atoms with E-state index in [4.69, 9.17) is 14.9 Å². The van der Waals surface area contributed by atoms with Crippen molar-refractivity contribution in [2.75, 3.05) is 0 Å². The molecule has 0 radical (unpaired) electrons. The number of fused-ring (bicyclic) bond motifs is 1. The molecule has 1 heterocycles. The summed E-state index contributed by atoms with van der Waals surface area (Å²) in [6, 6.07) is 15.8. The summed E-state index contributed by atoms with van der Waals surface area (Å²) in [6.45, 7) is 0. The molecule has 1 fully saturated rings. The van der Waals surface area contributed by atoms with Crippen LogP contribution in [0.15, 0.2) is 59.2 Å². The van der Waals surface area contributed by atoms with Crippen LogP contribution in [0.5, 0.6) is 5.75 Å². The van der Waals surface area contributed by atoms with E-state index in [2.05, 4.69) is 0 Å². The van der Waals surface area contributed by atoms with Crippen molar-refractivity contribution in [3.05, 3.63) is 65.9 Å². The summed E-state index contributed by atoms with van der Waals surface area (Å²) in [5.74, 6) is 0.922. The molecule has 3 aromatic rings. The summed E-state index contributed by atoms with van der Waals surface area (Å²) < 4.78 is 11.3. The number of hydrogen-bond donors (Lipinski definition) is 1. The van der Waals surface area contributed by atoms with Crippen LogP contribution in [-0.2, 0) is 0 Å². The second-order valence-corrected chi connectivity index (χ2v) is 5.55. The lowest BCUT2D eigenvalue weighted by molar-refractivity contribution is 0.303. The molecule has 3 heteroatoms. The Labute approximate surface area is 123 Å². The van der Waals surface area contributed by atoms with Gasteiger partial charge in [-0.05, 0) is 36.6 Å². The molecule has 0 spiro atoms. The maximum Gasteiger partial charge on any atom is 0.134 e. The minimum atomic E-state index is -0.191. The molecular formula is C18H17NO2. The molecule has 1 aliphatic rings. The Morgan fingerprint density at radius 2 is 1.81 bits per heavy atom. The lowest BCUT2D eigenvalue weighted by Crippen LogP contribution is -2.11. The fourth-order valence-electron chi connectivity index (χ4n) is 2.55. The summed E-state index contributed by atoms with van der Waals surface area (Å²) in [6.07, 6.45) is 4.51. The maximum atomic E-state index is 6.39. The predicted molar refractivity (Wildman–Crippen MR) is 82.3 cm³/mol. The minimum Gasteiger partial charge on any atom is -0.490 e. The van der Waals surface area contributed by atoms with Crippen molar-refractivity contribution < 1.29 is 9.15 Å². The molecule has 0 saturated heterocycles. The van der Waals surface area contributed by atoms with Crippen LogP contribution in [0.2, 0.25) is 0 Å². The Bertz CT molecular complexity index is 756. The SMILES string of the molecule is NC(c1ccc(OC2CC2)cc1)c1coc2ccccc12. The third-order valence-corrected chi connectivity index (χ3v) is 3.91. The van der Waals surface area contributed by atoms with E-state index in [0.717, 1.165) is 27.8 Å². The highest BCUT2D eigenvalue weighted by molar-refractivity contribution is 5.81. The maximum absolute atomic E-state index is 6.39. The number of rotatable bonds is 4. The molecule has 106 valence electrons. The largest absolute Gasteiger partial charge is 0.490 e. The van der Waals surface area contributed by atoms with E-state index in [0.29, 0.717) is 6.10 Å². The average Bonchev–Trinajstić information content (AvgIpc) is 3.23. The average molecular weight is 279 g/mol. The second-order valence-electron chi connectivity index (χ2n) is 5.55. The molecule has 2 aromatic carbocycles. The van der Waals surface area contributed by atoms with Gasteiger partial charge in [0, 0.05) is 10.9 Å². The van der Waals surface area contributed by atoms with Crippen LogP contribution in [0.4, 0.5) is 0 Å². The number of nitrogens with two attached hydrogens (primary N) is 1. The van der Waals surface area contributed by atoms with Gasteiger partial charge in [0.1, 0.15) is 11.3 Å². The van der Waals surface area contributed by atoms with Crippen LogP contribution in [0, 0.1) is 0 Å². The monoisotopic (exact) mass is 279 g/mol. The molecule has 2 N–H and O–H groups in total. The van der Waals surface area contributed by atoms with Crippen molar-refractivity contribution in [2.24, 2.45) is 5.73 Å². The van der Waals surface area contributed by atoms with Gasteiger partial charge in [-0.25, -0.2) is 0 Å². The molecule has 0 bridgehead atoms. The van der Waals surface area contributed by atoms with Gasteiger partial charge < -0.3 is 14.9 Å². The summed E-state index contributed by atoms with van der Waals surface area (Å²) in [5.41, 5.74) is 9.34. The zero-order valence-corrected chi connectivity index (χ0v) is 11.7. The van der Waals surface area contributed by atoms with E-state index >= 15 is 0 Å². The van der Waals surface area contributed by atoms with E-state index in [1.165, 1.54) is 12.8 Å². The number of ether oxygens (including phenoxy) is 1. The van der Waals surface area contributed by atoms with E-state index < -0.39 is 0 Å². The third kappa shape index (κ3) is 2.41. The molecule has 1 atom stereocenters. The molecule has 0 amide bonds. The highest BCUT2D eigenvalue weighted by Crippen LogP contribution is 2.31. The highest BCUT2D eigenvalue weighted by Gasteiger charge is 2.23. The van der Waals surface area contributed by atoms with E-state index in [1.54, 1.807) is 6.26 Å². The van der Waals surface area contributed by atoms with Crippen LogP contribution >= 0.6 is 0 Å². The first-order chi connectivity index (χ1) is 10.3. The standard InChI is InChI=1S/C18H17NO2/c19-18(16-11-20-17-4-2-1-3-15(16)17)12-5-7-13(8-6-12)21-14-9-10-14/h1-8,11,14,18H,9-10,19H2. The van der Waals surface area contributed by atoms with Crippen LogP contribution in [-0.4, -0.2) is 6.10 Å². The number of hydrogen-bond acceptors (Lipinski definition) is 3. The van der Waals surface area contributed by atoms with Crippen molar-refractivity contribution in [3.63, 3.8) is 0 Å². The van der Waals surface area contributed by atoms with Gasteiger partial charge >= 0.3 is 0 Å². The molecule has 3 nitrogen and oxygen atoms in total. The van der Waals surface area contributed by atoms with E-state index in [9.17, 15) is 0 Å². The fourth-order valence-corrected chi connectivity index (χ4v) is 2.55. The molecule has 4 rings (SSSR count). The van der Waals surface area contributed by atoms with Crippen molar-refractivity contribution in [2.45, 2.75) is 25.0 Å². The first kappa shape index (κ1) is 12.5. The van der Waals surface area contributed by atoms with Crippen molar-refractivity contribution in [1.29, 1.82) is 0 Å². The zero-order chi connectivity index (χ0) is 14.2. The lowest BCUT2D eigenvalue weighted by atomic mass is 9.99. The third-order valence-electron chi connectivity index (χ3n) is 3.91. The molecule has 1 aliphatic carbocycles. The predicted octanol–water partition coefficient (Wildman–Crippen LogP) is 4.02. The van der Waals surface area contributed by atoms with Gasteiger partial charge in [0.05, 0.1) is 18.4 Å². The molecule has 1 aromatic heterocycles. The van der Waals surface area contributed by atoms with Crippen LogP contribution < -0.4 is 10.5 Å².